The second-order valence-electron chi connectivity index (χ2n) is 11.8. The third-order valence-electron chi connectivity index (χ3n) is 9.60. The van der Waals surface area contributed by atoms with Gasteiger partial charge in [0.2, 0.25) is 0 Å². The van der Waals surface area contributed by atoms with E-state index in [0.717, 1.165) is 43.3 Å². The third kappa shape index (κ3) is 4.27. The van der Waals surface area contributed by atoms with Gasteiger partial charge in [0, 0.05) is 6.08 Å². The minimum Gasteiger partial charge on any atom is -0.458 e. The van der Waals surface area contributed by atoms with Gasteiger partial charge in [-0.15, -0.1) is 0 Å². The molecule has 32 heavy (non-hydrogen) atoms. The summed E-state index contributed by atoms with van der Waals surface area (Å²) < 4.78 is 41.6. The largest absolute Gasteiger partial charge is 0.458 e. The number of esters is 1. The smallest absolute Gasteiger partial charge is 0.445 e. The second-order valence-corrected chi connectivity index (χ2v) is 12.8. The van der Waals surface area contributed by atoms with E-state index in [2.05, 4.69) is 27.7 Å². The maximum absolute atomic E-state index is 11.5. The van der Waals surface area contributed by atoms with E-state index in [1.54, 1.807) is 6.08 Å². The highest BCUT2D eigenvalue weighted by Gasteiger charge is 2.61. The molecule has 180 valence electrons. The van der Waals surface area contributed by atoms with Crippen LogP contribution in [0, 0.1) is 34.0 Å². The lowest BCUT2D eigenvalue weighted by molar-refractivity contribution is -0.154. The van der Waals surface area contributed by atoms with Crippen LogP contribution in [-0.2, 0) is 24.1 Å². The van der Waals surface area contributed by atoms with Gasteiger partial charge in [-0.25, -0.2) is 4.79 Å². The fourth-order valence-electron chi connectivity index (χ4n) is 8.34. The number of cyclic esters (lactones) is 1. The fourth-order valence-corrected chi connectivity index (χ4v) is 8.58. The number of fused-ring (bicyclic) bond motifs is 3. The molecule has 5 unspecified atom stereocenters. The van der Waals surface area contributed by atoms with E-state index in [9.17, 15) is 13.2 Å². The van der Waals surface area contributed by atoms with Gasteiger partial charge < -0.3 is 8.92 Å². The van der Waals surface area contributed by atoms with Crippen LogP contribution in [0.4, 0.5) is 0 Å². The van der Waals surface area contributed by atoms with Gasteiger partial charge in [0.1, 0.15) is 12.9 Å². The summed E-state index contributed by atoms with van der Waals surface area (Å²) in [6.45, 7) is 10.1. The number of rotatable bonds is 5. The minimum atomic E-state index is -4.53. The van der Waals surface area contributed by atoms with E-state index in [-0.39, 0.29) is 22.7 Å². The Bertz CT molecular complexity index is 932. The van der Waals surface area contributed by atoms with E-state index >= 15 is 0 Å². The predicted molar refractivity (Wildman–Crippen MR) is 122 cm³/mol. The topological polar surface area (TPSA) is 89.9 Å². The molecule has 1 aliphatic heterocycles. The highest BCUT2D eigenvalue weighted by Crippen LogP contribution is 2.69. The summed E-state index contributed by atoms with van der Waals surface area (Å²) >= 11 is 0. The predicted octanol–water partition coefficient (Wildman–Crippen LogP) is 5.61. The highest BCUT2D eigenvalue weighted by molar-refractivity contribution is 7.81. The number of hydrogen-bond donors (Lipinski definition) is 1. The Morgan fingerprint density at radius 2 is 1.88 bits per heavy atom. The van der Waals surface area contributed by atoms with Gasteiger partial charge in [0.15, 0.2) is 0 Å². The number of carbonyl (C=O) groups is 1. The van der Waals surface area contributed by atoms with Crippen LogP contribution in [0.3, 0.4) is 0 Å². The Hall–Kier alpha value is -1.34. The van der Waals surface area contributed by atoms with E-state index in [1.165, 1.54) is 31.9 Å². The van der Waals surface area contributed by atoms with Crippen LogP contribution in [0.2, 0.25) is 0 Å². The lowest BCUT2D eigenvalue weighted by Gasteiger charge is -2.66. The molecule has 0 spiro atoms. The summed E-state index contributed by atoms with van der Waals surface area (Å²) in [6.07, 6.45) is 12.3. The van der Waals surface area contributed by atoms with Gasteiger partial charge in [-0.1, -0.05) is 34.1 Å². The summed E-state index contributed by atoms with van der Waals surface area (Å²) in [5.74, 6) is 1.11. The van der Waals surface area contributed by atoms with Crippen molar-refractivity contribution in [2.45, 2.75) is 85.5 Å². The van der Waals surface area contributed by atoms with Crippen molar-refractivity contribution in [1.29, 1.82) is 0 Å². The Kier molecular flexibility index (Phi) is 6.07. The van der Waals surface area contributed by atoms with Crippen LogP contribution in [0.15, 0.2) is 23.5 Å². The van der Waals surface area contributed by atoms with Gasteiger partial charge in [-0.3, -0.25) is 4.55 Å². The zero-order chi connectivity index (χ0) is 23.4. The second kappa shape index (κ2) is 8.15. The van der Waals surface area contributed by atoms with Crippen LogP contribution in [0.25, 0.3) is 0 Å². The zero-order valence-corrected chi connectivity index (χ0v) is 20.7. The molecule has 0 saturated heterocycles. The molecule has 3 saturated carbocycles. The van der Waals surface area contributed by atoms with E-state index in [4.69, 9.17) is 13.5 Å². The minimum absolute atomic E-state index is 0.0232. The van der Waals surface area contributed by atoms with Crippen LogP contribution < -0.4 is 0 Å². The van der Waals surface area contributed by atoms with E-state index in [0.29, 0.717) is 23.9 Å². The molecular formula is C25H38O6S. The number of allylic oxidation sites excluding steroid dienone is 1. The highest BCUT2D eigenvalue weighted by atomic mass is 32.3. The molecule has 5 atom stereocenters. The lowest BCUT2D eigenvalue weighted by Crippen LogP contribution is -2.58. The molecular weight excluding hydrogens is 428 g/mol. The molecule has 1 N–H and O–H groups in total. The summed E-state index contributed by atoms with van der Waals surface area (Å²) in [4.78, 5) is 11.5. The molecule has 0 radical (unpaired) electrons. The molecule has 0 aromatic carbocycles. The summed E-state index contributed by atoms with van der Waals surface area (Å²) in [5.41, 5.74) is 2.60. The Labute approximate surface area is 192 Å². The molecule has 0 bridgehead atoms. The molecule has 1 heterocycles. The van der Waals surface area contributed by atoms with E-state index < -0.39 is 10.4 Å². The van der Waals surface area contributed by atoms with Crippen molar-refractivity contribution in [2.24, 2.45) is 34.0 Å². The van der Waals surface area contributed by atoms with Crippen molar-refractivity contribution in [1.82, 2.24) is 0 Å². The Morgan fingerprint density at radius 1 is 1.12 bits per heavy atom. The summed E-state index contributed by atoms with van der Waals surface area (Å²) in [6, 6.07) is 0. The molecule has 4 aliphatic rings. The molecule has 0 aromatic rings. The Morgan fingerprint density at radius 3 is 2.53 bits per heavy atom. The van der Waals surface area contributed by atoms with Gasteiger partial charge >= 0.3 is 16.4 Å². The van der Waals surface area contributed by atoms with Crippen LogP contribution >= 0.6 is 0 Å². The first kappa shape index (κ1) is 23.8. The van der Waals surface area contributed by atoms with Crippen molar-refractivity contribution in [2.75, 3.05) is 6.61 Å². The number of ether oxygens (including phenoxy) is 1. The third-order valence-corrected chi connectivity index (χ3v) is 9.94. The fraction of sp³-hybridized carbons (Fsp3) is 0.800. The van der Waals surface area contributed by atoms with Crippen molar-refractivity contribution >= 4 is 16.4 Å². The molecule has 4 rings (SSSR count). The van der Waals surface area contributed by atoms with Gasteiger partial charge in [0.05, 0.1) is 0 Å². The average Bonchev–Trinajstić information content (AvgIpc) is 3.08. The number of hydrogen-bond acceptors (Lipinski definition) is 5. The number of carbonyl (C=O) groups excluding carboxylic acids is 1. The summed E-state index contributed by atoms with van der Waals surface area (Å²) in [5, 5.41) is 0. The summed E-state index contributed by atoms with van der Waals surface area (Å²) in [7, 11) is -4.53. The lowest BCUT2D eigenvalue weighted by atomic mass is 9.39. The van der Waals surface area contributed by atoms with Crippen molar-refractivity contribution in [3.05, 3.63) is 23.5 Å². The zero-order valence-electron chi connectivity index (χ0n) is 19.9. The molecule has 6 nitrogen and oxygen atoms in total. The normalized spacial score (nSPS) is 40.3. The first-order valence-corrected chi connectivity index (χ1v) is 13.4. The molecule has 3 aliphatic carbocycles. The SMILES string of the molecule is CC1(C)CCCC2(C)C1CCC1(C)C(CCC3=CC(=O)OC3)C(=COS(=O)(=O)O)CCC12. The van der Waals surface area contributed by atoms with Crippen molar-refractivity contribution in [3.8, 4) is 0 Å². The molecule has 7 heteroatoms. The average molecular weight is 467 g/mol. The first-order valence-electron chi connectivity index (χ1n) is 12.1. The maximum atomic E-state index is 11.5. The standard InChI is InChI=1S/C25H38O6S/c1-23(2)11-5-12-25(4)20(23)10-13-24(3)19(8-6-17-14-22(26)30-15-17)18(7-9-21(24)25)16-31-32(27,28)29/h14,16,19-21H,5-13,15H2,1-4H3,(H,27,28,29). The van der Waals surface area contributed by atoms with Crippen molar-refractivity contribution in [3.63, 3.8) is 0 Å². The van der Waals surface area contributed by atoms with Gasteiger partial charge in [-0.05, 0) is 96.5 Å². The molecule has 0 aromatic heterocycles. The quantitative estimate of drug-likeness (QED) is 0.322. The first-order chi connectivity index (χ1) is 14.9. The van der Waals surface area contributed by atoms with Crippen molar-refractivity contribution < 1.29 is 26.7 Å². The van der Waals surface area contributed by atoms with E-state index in [1.807, 2.05) is 0 Å². The molecule has 3 fully saturated rings. The maximum Gasteiger partial charge on any atom is 0.445 e. The van der Waals surface area contributed by atoms with Crippen LogP contribution in [0.5, 0.6) is 0 Å². The van der Waals surface area contributed by atoms with Crippen LogP contribution in [-0.4, -0.2) is 25.5 Å². The monoisotopic (exact) mass is 466 g/mol. The van der Waals surface area contributed by atoms with Gasteiger partial charge in [-0.2, -0.15) is 8.42 Å². The van der Waals surface area contributed by atoms with Crippen LogP contribution in [0.1, 0.15) is 85.5 Å². The molecule has 0 amide bonds. The Balaban J connectivity index is 1.66. The van der Waals surface area contributed by atoms with Gasteiger partial charge in [0.25, 0.3) is 0 Å².